The van der Waals surface area contributed by atoms with Gasteiger partial charge in [0, 0.05) is 15.8 Å². The average Bonchev–Trinajstić information content (AvgIpc) is 2.87. The van der Waals surface area contributed by atoms with Crippen LogP contribution in [0.1, 0.15) is 42.5 Å². The van der Waals surface area contributed by atoms with Crippen LogP contribution >= 0.6 is 11.3 Å². The Bertz CT molecular complexity index is 359. The number of rotatable bonds is 5. The second kappa shape index (κ2) is 6.69. The highest BCUT2D eigenvalue weighted by Crippen LogP contribution is 2.38. The lowest BCUT2D eigenvalue weighted by Gasteiger charge is -2.40. The Labute approximate surface area is 115 Å². The number of piperidine rings is 1. The van der Waals surface area contributed by atoms with E-state index in [1.165, 1.54) is 37.2 Å². The maximum absolute atomic E-state index is 3.38. The molecule has 1 N–H and O–H groups in total. The van der Waals surface area contributed by atoms with Gasteiger partial charge in [-0.2, -0.15) is 0 Å². The largest absolute Gasteiger partial charge is 0.319 e. The van der Waals surface area contributed by atoms with Crippen molar-refractivity contribution >= 4 is 11.3 Å². The highest BCUT2D eigenvalue weighted by molar-refractivity contribution is 7.12. The summed E-state index contributed by atoms with van der Waals surface area (Å²) >= 11 is 2.02. The van der Waals surface area contributed by atoms with Crippen molar-refractivity contribution in [2.45, 2.75) is 39.2 Å². The molecule has 0 bridgehead atoms. The molecule has 1 aliphatic rings. The summed E-state index contributed by atoms with van der Waals surface area (Å²) in [6.45, 7) is 8.12. The summed E-state index contributed by atoms with van der Waals surface area (Å²) < 4.78 is 0. The number of hydrogen-bond donors (Lipinski definition) is 1. The minimum Gasteiger partial charge on any atom is -0.319 e. The van der Waals surface area contributed by atoms with Crippen molar-refractivity contribution in [3.63, 3.8) is 0 Å². The van der Waals surface area contributed by atoms with Gasteiger partial charge in [0.1, 0.15) is 0 Å². The zero-order chi connectivity index (χ0) is 13.0. The van der Waals surface area contributed by atoms with Crippen LogP contribution in [-0.4, -0.2) is 31.6 Å². The molecule has 2 rings (SSSR count). The minimum absolute atomic E-state index is 0.640. The van der Waals surface area contributed by atoms with Gasteiger partial charge in [-0.25, -0.2) is 0 Å². The molecule has 1 aliphatic heterocycles. The molecular formula is C15H26N2S. The first-order chi connectivity index (χ1) is 8.80. The second-order valence-corrected chi connectivity index (χ2v) is 6.39. The lowest BCUT2D eigenvalue weighted by Crippen LogP contribution is -2.41. The summed E-state index contributed by atoms with van der Waals surface area (Å²) in [5, 5.41) is 3.38. The highest BCUT2D eigenvalue weighted by atomic mass is 32.1. The van der Waals surface area contributed by atoms with Crippen molar-refractivity contribution in [3.05, 3.63) is 21.9 Å². The molecule has 2 atom stereocenters. The fraction of sp³-hybridized carbons (Fsp3) is 0.733. The SMILES string of the molecule is CCc1ccc(C2C(CNC)CCCN2CC)s1. The van der Waals surface area contributed by atoms with Crippen molar-refractivity contribution in [1.29, 1.82) is 0 Å². The van der Waals surface area contributed by atoms with Gasteiger partial charge in [-0.15, -0.1) is 11.3 Å². The van der Waals surface area contributed by atoms with E-state index in [9.17, 15) is 0 Å². The first-order valence-electron chi connectivity index (χ1n) is 7.27. The summed E-state index contributed by atoms with van der Waals surface area (Å²) in [6.07, 6.45) is 3.88. The fourth-order valence-electron chi connectivity index (χ4n) is 3.14. The predicted octanol–water partition coefficient (Wildman–Crippen LogP) is 3.30. The van der Waals surface area contributed by atoms with Crippen molar-refractivity contribution in [2.75, 3.05) is 26.7 Å². The molecule has 0 radical (unpaired) electrons. The Hall–Kier alpha value is -0.380. The molecule has 3 heteroatoms. The molecule has 18 heavy (non-hydrogen) atoms. The van der Waals surface area contributed by atoms with Crippen LogP contribution in [0.4, 0.5) is 0 Å². The molecule has 2 unspecified atom stereocenters. The van der Waals surface area contributed by atoms with Crippen LogP contribution in [-0.2, 0) is 6.42 Å². The molecule has 0 aliphatic carbocycles. The molecular weight excluding hydrogens is 240 g/mol. The number of likely N-dealkylation sites (tertiary alicyclic amines) is 1. The summed E-state index contributed by atoms with van der Waals surface area (Å²) in [5.41, 5.74) is 0. The molecule has 2 heterocycles. The third kappa shape index (κ3) is 2.95. The molecule has 1 saturated heterocycles. The number of hydrogen-bond acceptors (Lipinski definition) is 3. The Morgan fingerprint density at radius 1 is 1.39 bits per heavy atom. The standard InChI is InChI=1S/C15H26N2S/c1-4-13-8-9-14(18-13)15-12(11-16-3)7-6-10-17(15)5-2/h8-9,12,15-16H,4-7,10-11H2,1-3H3. The summed E-state index contributed by atoms with van der Waals surface area (Å²) in [7, 11) is 2.08. The Morgan fingerprint density at radius 3 is 2.83 bits per heavy atom. The second-order valence-electron chi connectivity index (χ2n) is 5.19. The maximum atomic E-state index is 3.38. The predicted molar refractivity (Wildman–Crippen MR) is 80.3 cm³/mol. The Morgan fingerprint density at radius 2 is 2.22 bits per heavy atom. The lowest BCUT2D eigenvalue weighted by molar-refractivity contribution is 0.101. The van der Waals surface area contributed by atoms with E-state index in [4.69, 9.17) is 0 Å². The molecule has 0 spiro atoms. The van der Waals surface area contributed by atoms with Gasteiger partial charge < -0.3 is 5.32 Å². The maximum Gasteiger partial charge on any atom is 0.0481 e. The van der Waals surface area contributed by atoms with Crippen LogP contribution in [0.3, 0.4) is 0 Å². The van der Waals surface area contributed by atoms with E-state index >= 15 is 0 Å². The van der Waals surface area contributed by atoms with Gasteiger partial charge in [-0.3, -0.25) is 4.90 Å². The van der Waals surface area contributed by atoms with E-state index in [0.717, 1.165) is 12.5 Å². The molecule has 1 fully saturated rings. The minimum atomic E-state index is 0.640. The molecule has 1 aromatic heterocycles. The quantitative estimate of drug-likeness (QED) is 0.879. The molecule has 0 saturated carbocycles. The van der Waals surface area contributed by atoms with E-state index < -0.39 is 0 Å². The Kier molecular flexibility index (Phi) is 5.22. The van der Waals surface area contributed by atoms with Crippen LogP contribution < -0.4 is 5.32 Å². The molecule has 2 nitrogen and oxygen atoms in total. The van der Waals surface area contributed by atoms with Crippen LogP contribution in [0.25, 0.3) is 0 Å². The van der Waals surface area contributed by atoms with E-state index in [0.29, 0.717) is 6.04 Å². The normalized spacial score (nSPS) is 25.5. The van der Waals surface area contributed by atoms with Crippen LogP contribution in [0.5, 0.6) is 0 Å². The summed E-state index contributed by atoms with van der Waals surface area (Å²) in [4.78, 5) is 5.76. The van der Waals surface area contributed by atoms with Gasteiger partial charge in [-0.05, 0) is 64.0 Å². The van der Waals surface area contributed by atoms with E-state index in [1.54, 1.807) is 4.88 Å². The van der Waals surface area contributed by atoms with Gasteiger partial charge in [0.2, 0.25) is 0 Å². The lowest BCUT2D eigenvalue weighted by atomic mass is 9.88. The van der Waals surface area contributed by atoms with Crippen molar-refractivity contribution in [2.24, 2.45) is 5.92 Å². The number of thiophene rings is 1. The topological polar surface area (TPSA) is 15.3 Å². The summed E-state index contributed by atoms with van der Waals surface area (Å²) in [5.74, 6) is 0.770. The molecule has 102 valence electrons. The first-order valence-corrected chi connectivity index (χ1v) is 8.09. The third-order valence-electron chi connectivity index (χ3n) is 4.06. The van der Waals surface area contributed by atoms with Gasteiger partial charge in [0.05, 0.1) is 0 Å². The zero-order valence-electron chi connectivity index (χ0n) is 11.9. The van der Waals surface area contributed by atoms with Crippen molar-refractivity contribution in [1.82, 2.24) is 10.2 Å². The fourth-order valence-corrected chi connectivity index (χ4v) is 4.32. The monoisotopic (exact) mass is 266 g/mol. The van der Waals surface area contributed by atoms with Crippen LogP contribution in [0.15, 0.2) is 12.1 Å². The number of nitrogens with zero attached hydrogens (tertiary/aromatic N) is 1. The smallest absolute Gasteiger partial charge is 0.0481 e. The third-order valence-corrected chi connectivity index (χ3v) is 5.36. The Balaban J connectivity index is 2.21. The van der Waals surface area contributed by atoms with E-state index in [2.05, 4.69) is 43.2 Å². The van der Waals surface area contributed by atoms with Gasteiger partial charge in [-0.1, -0.05) is 13.8 Å². The van der Waals surface area contributed by atoms with Crippen molar-refractivity contribution in [3.8, 4) is 0 Å². The zero-order valence-corrected chi connectivity index (χ0v) is 12.7. The van der Waals surface area contributed by atoms with Gasteiger partial charge >= 0.3 is 0 Å². The van der Waals surface area contributed by atoms with Crippen LogP contribution in [0, 0.1) is 5.92 Å². The molecule has 0 amide bonds. The first kappa shape index (κ1) is 14.0. The van der Waals surface area contributed by atoms with Gasteiger partial charge in [0.25, 0.3) is 0 Å². The molecule has 1 aromatic rings. The van der Waals surface area contributed by atoms with Crippen LogP contribution in [0.2, 0.25) is 0 Å². The van der Waals surface area contributed by atoms with Crippen molar-refractivity contribution < 1.29 is 0 Å². The number of nitrogens with one attached hydrogen (secondary N) is 1. The van der Waals surface area contributed by atoms with E-state index in [1.807, 2.05) is 11.3 Å². The van der Waals surface area contributed by atoms with E-state index in [-0.39, 0.29) is 0 Å². The highest BCUT2D eigenvalue weighted by Gasteiger charge is 2.32. The van der Waals surface area contributed by atoms with Gasteiger partial charge in [0.15, 0.2) is 0 Å². The average molecular weight is 266 g/mol. The summed E-state index contributed by atoms with van der Waals surface area (Å²) in [6, 6.07) is 5.32. The number of aryl methyl sites for hydroxylation is 1. The molecule has 0 aromatic carbocycles.